The number of aryl methyl sites for hydroxylation is 1. The first-order valence-corrected chi connectivity index (χ1v) is 7.21. The van der Waals surface area contributed by atoms with E-state index in [1.54, 1.807) is 7.11 Å². The van der Waals surface area contributed by atoms with E-state index in [1.165, 1.54) is 18.2 Å². The van der Waals surface area contributed by atoms with Gasteiger partial charge in [0.15, 0.2) is 0 Å². The molecule has 1 N–H and O–H groups in total. The van der Waals surface area contributed by atoms with E-state index < -0.39 is 11.7 Å². The number of nitrogens with one attached hydrogen (secondary N) is 1. The van der Waals surface area contributed by atoms with E-state index in [2.05, 4.69) is 5.32 Å². The number of methoxy groups -OCH3 is 1. The minimum atomic E-state index is -0.645. The molecule has 0 aliphatic carbocycles. The lowest BCUT2D eigenvalue weighted by Crippen LogP contribution is -2.28. The van der Waals surface area contributed by atoms with Gasteiger partial charge in [0, 0.05) is 5.56 Å². The quantitative estimate of drug-likeness (QED) is 0.912. The largest absolute Gasteiger partial charge is 0.496 e. The van der Waals surface area contributed by atoms with Crippen molar-refractivity contribution in [3.8, 4) is 5.75 Å². The predicted octanol–water partition coefficient (Wildman–Crippen LogP) is 4.29. The van der Waals surface area contributed by atoms with Gasteiger partial charge in [-0.1, -0.05) is 35.4 Å². The molecule has 0 aliphatic rings. The monoisotopic (exact) mass is 321 g/mol. The minimum Gasteiger partial charge on any atom is -0.496 e. The summed E-state index contributed by atoms with van der Waals surface area (Å²) in [5.74, 6) is -0.536. The summed E-state index contributed by atoms with van der Waals surface area (Å²) in [6.45, 7) is 3.76. The molecule has 2 aromatic rings. The number of ether oxygens (including phenoxy) is 1. The maximum absolute atomic E-state index is 13.8. The van der Waals surface area contributed by atoms with Crippen LogP contribution in [0.2, 0.25) is 5.02 Å². The Morgan fingerprint density at radius 2 is 2.05 bits per heavy atom. The predicted molar refractivity (Wildman–Crippen MR) is 85.0 cm³/mol. The van der Waals surface area contributed by atoms with E-state index in [0.717, 1.165) is 11.1 Å². The maximum atomic E-state index is 13.8. The van der Waals surface area contributed by atoms with Crippen LogP contribution in [-0.4, -0.2) is 13.0 Å². The summed E-state index contributed by atoms with van der Waals surface area (Å²) in [5, 5.41) is 2.84. The molecule has 0 saturated carbocycles. The summed E-state index contributed by atoms with van der Waals surface area (Å²) in [4.78, 5) is 12.3. The normalized spacial score (nSPS) is 11.9. The van der Waals surface area contributed by atoms with E-state index in [9.17, 15) is 9.18 Å². The van der Waals surface area contributed by atoms with Crippen molar-refractivity contribution in [1.82, 2.24) is 5.32 Å². The molecule has 0 heterocycles. The Labute approximate surface area is 134 Å². The fourth-order valence-electron chi connectivity index (χ4n) is 2.25. The van der Waals surface area contributed by atoms with Crippen LogP contribution in [0.15, 0.2) is 36.4 Å². The molecule has 0 spiro atoms. The van der Waals surface area contributed by atoms with E-state index in [0.29, 0.717) is 5.75 Å². The lowest BCUT2D eigenvalue weighted by molar-refractivity contribution is 0.0935. The summed E-state index contributed by atoms with van der Waals surface area (Å²) < 4.78 is 19.1. The van der Waals surface area contributed by atoms with Gasteiger partial charge in [0.05, 0.1) is 23.7 Å². The molecular weight excluding hydrogens is 305 g/mol. The highest BCUT2D eigenvalue weighted by molar-refractivity contribution is 6.33. The standard InChI is InChI=1S/C17H17ClFNO2/c1-10-7-8-15(22-3)12(9-10)11(2)20-17(21)16-13(18)5-4-6-14(16)19/h4-9,11H,1-3H3,(H,20,21). The number of rotatable bonds is 4. The molecule has 22 heavy (non-hydrogen) atoms. The second-order valence-electron chi connectivity index (χ2n) is 5.04. The molecule has 1 atom stereocenters. The van der Waals surface area contributed by atoms with Crippen LogP contribution in [0.25, 0.3) is 0 Å². The highest BCUT2D eigenvalue weighted by atomic mass is 35.5. The summed E-state index contributed by atoms with van der Waals surface area (Å²) in [6, 6.07) is 9.48. The highest BCUT2D eigenvalue weighted by Gasteiger charge is 2.20. The number of hydrogen-bond acceptors (Lipinski definition) is 2. The molecule has 5 heteroatoms. The van der Waals surface area contributed by atoms with E-state index in [-0.39, 0.29) is 16.6 Å². The van der Waals surface area contributed by atoms with Crippen LogP contribution in [0.4, 0.5) is 4.39 Å². The Morgan fingerprint density at radius 1 is 1.32 bits per heavy atom. The van der Waals surface area contributed by atoms with E-state index >= 15 is 0 Å². The smallest absolute Gasteiger partial charge is 0.256 e. The van der Waals surface area contributed by atoms with Crippen molar-refractivity contribution >= 4 is 17.5 Å². The van der Waals surface area contributed by atoms with Gasteiger partial charge in [-0.05, 0) is 32.0 Å². The molecule has 0 saturated heterocycles. The molecule has 1 amide bonds. The molecule has 0 aromatic heterocycles. The molecule has 2 aromatic carbocycles. The summed E-state index contributed by atoms with van der Waals surface area (Å²) >= 11 is 5.91. The van der Waals surface area contributed by atoms with Crippen LogP contribution < -0.4 is 10.1 Å². The third-order valence-electron chi connectivity index (χ3n) is 3.39. The average Bonchev–Trinajstić information content (AvgIpc) is 2.46. The van der Waals surface area contributed by atoms with Gasteiger partial charge in [0.25, 0.3) is 5.91 Å². The summed E-state index contributed by atoms with van der Waals surface area (Å²) in [5.41, 5.74) is 1.71. The number of amides is 1. The fourth-order valence-corrected chi connectivity index (χ4v) is 2.50. The number of carbonyl (C=O) groups is 1. The molecule has 3 nitrogen and oxygen atoms in total. The van der Waals surface area contributed by atoms with Crippen molar-refractivity contribution in [3.63, 3.8) is 0 Å². The third-order valence-corrected chi connectivity index (χ3v) is 3.70. The van der Waals surface area contributed by atoms with Crippen molar-refractivity contribution in [2.75, 3.05) is 7.11 Å². The Bertz CT molecular complexity index is 683. The Kier molecular flexibility index (Phi) is 5.03. The molecular formula is C17H17ClFNO2. The molecule has 116 valence electrons. The Morgan fingerprint density at radius 3 is 2.68 bits per heavy atom. The molecule has 0 radical (unpaired) electrons. The van der Waals surface area contributed by atoms with Gasteiger partial charge < -0.3 is 10.1 Å². The van der Waals surface area contributed by atoms with Crippen LogP contribution >= 0.6 is 11.6 Å². The van der Waals surface area contributed by atoms with Crippen LogP contribution in [0.1, 0.15) is 34.5 Å². The second kappa shape index (κ2) is 6.79. The number of carbonyl (C=O) groups excluding carboxylic acids is 1. The first-order chi connectivity index (χ1) is 10.4. The zero-order valence-corrected chi connectivity index (χ0v) is 13.4. The van der Waals surface area contributed by atoms with Gasteiger partial charge in [-0.2, -0.15) is 0 Å². The summed E-state index contributed by atoms with van der Waals surface area (Å²) in [6.07, 6.45) is 0. The molecule has 1 unspecified atom stereocenters. The first-order valence-electron chi connectivity index (χ1n) is 6.83. The zero-order valence-electron chi connectivity index (χ0n) is 12.6. The van der Waals surface area contributed by atoms with Crippen LogP contribution in [0.3, 0.4) is 0 Å². The maximum Gasteiger partial charge on any atom is 0.256 e. The molecule has 0 fully saturated rings. The lowest BCUT2D eigenvalue weighted by atomic mass is 10.0. The molecule has 0 bridgehead atoms. The second-order valence-corrected chi connectivity index (χ2v) is 5.44. The van der Waals surface area contributed by atoms with E-state index in [1.807, 2.05) is 32.0 Å². The topological polar surface area (TPSA) is 38.3 Å². The number of hydrogen-bond donors (Lipinski definition) is 1. The van der Waals surface area contributed by atoms with Gasteiger partial charge in [-0.3, -0.25) is 4.79 Å². The average molecular weight is 322 g/mol. The lowest BCUT2D eigenvalue weighted by Gasteiger charge is -2.18. The fraction of sp³-hybridized carbons (Fsp3) is 0.235. The van der Waals surface area contributed by atoms with Gasteiger partial charge in [-0.25, -0.2) is 4.39 Å². The minimum absolute atomic E-state index is 0.0842. The van der Waals surface area contributed by atoms with Crippen LogP contribution in [0.5, 0.6) is 5.75 Å². The van der Waals surface area contributed by atoms with Crippen LogP contribution in [-0.2, 0) is 0 Å². The number of benzene rings is 2. The molecule has 2 rings (SSSR count). The van der Waals surface area contributed by atoms with Crippen LogP contribution in [0, 0.1) is 12.7 Å². The number of halogens is 2. The highest BCUT2D eigenvalue weighted by Crippen LogP contribution is 2.27. The third kappa shape index (κ3) is 3.39. The van der Waals surface area contributed by atoms with E-state index in [4.69, 9.17) is 16.3 Å². The first kappa shape index (κ1) is 16.3. The summed E-state index contributed by atoms with van der Waals surface area (Å²) in [7, 11) is 1.57. The van der Waals surface area contributed by atoms with Crippen molar-refractivity contribution in [1.29, 1.82) is 0 Å². The van der Waals surface area contributed by atoms with Crippen molar-refractivity contribution in [3.05, 3.63) is 63.9 Å². The van der Waals surface area contributed by atoms with Gasteiger partial charge >= 0.3 is 0 Å². The van der Waals surface area contributed by atoms with Crippen molar-refractivity contribution in [2.24, 2.45) is 0 Å². The van der Waals surface area contributed by atoms with Crippen molar-refractivity contribution in [2.45, 2.75) is 19.9 Å². The Balaban J connectivity index is 2.27. The molecule has 0 aliphatic heterocycles. The van der Waals surface area contributed by atoms with Gasteiger partial charge in [-0.15, -0.1) is 0 Å². The van der Waals surface area contributed by atoms with Crippen molar-refractivity contribution < 1.29 is 13.9 Å². The Hall–Kier alpha value is -2.07. The van der Waals surface area contributed by atoms with Gasteiger partial charge in [0.1, 0.15) is 11.6 Å². The van der Waals surface area contributed by atoms with Gasteiger partial charge in [0.2, 0.25) is 0 Å². The SMILES string of the molecule is COc1ccc(C)cc1C(C)NC(=O)c1c(F)cccc1Cl. The zero-order chi connectivity index (χ0) is 16.3.